The zero-order valence-electron chi connectivity index (χ0n) is 26.2. The minimum absolute atomic E-state index is 0.143. The van der Waals surface area contributed by atoms with Gasteiger partial charge in [-0.1, -0.05) is 96.1 Å². The second kappa shape index (κ2) is 15.1. The summed E-state index contributed by atoms with van der Waals surface area (Å²) in [5.41, 5.74) is 11.4. The molecule has 244 valence electrons. The van der Waals surface area contributed by atoms with Crippen LogP contribution in [0.4, 0.5) is 11.6 Å². The van der Waals surface area contributed by atoms with E-state index in [1.165, 1.54) is 16.8 Å². The fourth-order valence-corrected chi connectivity index (χ4v) is 6.01. The number of nitrogen functional groups attached to an aromatic ring is 1. The second-order valence-corrected chi connectivity index (χ2v) is 14.8. The quantitative estimate of drug-likeness (QED) is 0.183. The Morgan fingerprint density at radius 1 is 0.617 bits per heavy atom. The van der Waals surface area contributed by atoms with Gasteiger partial charge in [0.05, 0.1) is 21.2 Å². The number of nitrogens with zero attached hydrogens (tertiary/aromatic N) is 4. The fourth-order valence-electron chi connectivity index (χ4n) is 4.16. The van der Waals surface area contributed by atoms with E-state index < -0.39 is 19.1 Å². The van der Waals surface area contributed by atoms with Crippen LogP contribution in [0.5, 0.6) is 0 Å². The zero-order chi connectivity index (χ0) is 34.2. The molecule has 0 aliphatic carbocycles. The molecular formula is C34H35ClN6O4S2. The van der Waals surface area contributed by atoms with E-state index in [1.807, 2.05) is 87.6 Å². The van der Waals surface area contributed by atoms with Crippen molar-refractivity contribution in [1.29, 1.82) is 0 Å². The Labute approximate surface area is 279 Å². The third-order valence-corrected chi connectivity index (χ3v) is 9.55. The second-order valence-electron chi connectivity index (χ2n) is 10.5. The maximum Gasteiger partial charge on any atom is 0.263 e. The highest BCUT2D eigenvalue weighted by Crippen LogP contribution is 2.23. The van der Waals surface area contributed by atoms with Crippen molar-refractivity contribution in [2.24, 2.45) is 14.1 Å². The van der Waals surface area contributed by atoms with Crippen molar-refractivity contribution >= 4 is 41.4 Å². The Morgan fingerprint density at radius 2 is 1.04 bits per heavy atom. The normalized spacial score (nSPS) is 11.1. The summed E-state index contributed by atoms with van der Waals surface area (Å²) in [6.45, 7) is 3.79. The van der Waals surface area contributed by atoms with Crippen LogP contribution in [0.15, 0.2) is 131 Å². The van der Waals surface area contributed by atoms with Crippen LogP contribution in [-0.4, -0.2) is 36.4 Å². The van der Waals surface area contributed by atoms with Gasteiger partial charge < -0.3 is 5.73 Å². The highest BCUT2D eigenvalue weighted by molar-refractivity contribution is 8.13. The Balaban J connectivity index is 0.000000176. The van der Waals surface area contributed by atoms with Crippen LogP contribution in [-0.2, 0) is 33.2 Å². The van der Waals surface area contributed by atoms with Gasteiger partial charge >= 0.3 is 0 Å². The summed E-state index contributed by atoms with van der Waals surface area (Å²) < 4.78 is 52.1. The number of sulfonamides is 1. The van der Waals surface area contributed by atoms with E-state index in [2.05, 4.69) is 14.9 Å². The van der Waals surface area contributed by atoms with Gasteiger partial charge in [0.25, 0.3) is 19.1 Å². The number of anilines is 2. The van der Waals surface area contributed by atoms with E-state index in [9.17, 15) is 16.8 Å². The Hall–Kier alpha value is -4.91. The first-order valence-electron chi connectivity index (χ1n) is 14.3. The number of nitrogens with one attached hydrogen (secondary N) is 1. The molecule has 0 radical (unpaired) electrons. The van der Waals surface area contributed by atoms with Crippen LogP contribution >= 0.6 is 10.7 Å². The number of rotatable bonds is 6. The molecule has 0 aliphatic rings. The molecule has 0 aliphatic heterocycles. The molecule has 13 heteroatoms. The predicted octanol–water partition coefficient (Wildman–Crippen LogP) is 6.79. The molecule has 10 nitrogen and oxygen atoms in total. The van der Waals surface area contributed by atoms with E-state index in [0.29, 0.717) is 11.6 Å². The number of hydrogen-bond acceptors (Lipinski definition) is 7. The summed E-state index contributed by atoms with van der Waals surface area (Å²) in [5, 5.41) is 8.63. The maximum atomic E-state index is 12.5. The molecule has 3 N–H and O–H groups in total. The lowest BCUT2D eigenvalue weighted by Gasteiger charge is -2.07. The first-order valence-corrected chi connectivity index (χ1v) is 18.1. The Bertz CT molecular complexity index is 2110. The summed E-state index contributed by atoms with van der Waals surface area (Å²) in [4.78, 5) is 0.371. The third-order valence-electron chi connectivity index (χ3n) is 6.81. The van der Waals surface area contributed by atoms with Gasteiger partial charge in [-0.2, -0.15) is 10.2 Å². The molecule has 6 aromatic rings. The molecule has 2 heterocycles. The number of nitrogens with two attached hydrogens (primary N) is 1. The van der Waals surface area contributed by atoms with Crippen LogP contribution in [0.25, 0.3) is 22.5 Å². The lowest BCUT2D eigenvalue weighted by molar-refractivity contribution is 0.600. The smallest absolute Gasteiger partial charge is 0.263 e. The number of halogens is 1. The zero-order valence-corrected chi connectivity index (χ0v) is 28.6. The summed E-state index contributed by atoms with van der Waals surface area (Å²) in [6.07, 6.45) is 0. The summed E-state index contributed by atoms with van der Waals surface area (Å²) in [7, 11) is 1.45. The van der Waals surface area contributed by atoms with Crippen molar-refractivity contribution in [3.63, 3.8) is 0 Å². The molecule has 2 aromatic heterocycles. The van der Waals surface area contributed by atoms with Crippen molar-refractivity contribution in [3.8, 4) is 22.5 Å². The van der Waals surface area contributed by atoms with Crippen LogP contribution in [0.3, 0.4) is 0 Å². The van der Waals surface area contributed by atoms with Gasteiger partial charge in [-0.15, -0.1) is 0 Å². The number of aromatic nitrogens is 4. The van der Waals surface area contributed by atoms with Crippen molar-refractivity contribution in [1.82, 2.24) is 19.6 Å². The molecule has 0 saturated carbocycles. The standard InChI is InChI=1S/C17H17N3O2S.C10H11N3.C7H7ClO2S/c1-13-8-10-15(11-9-13)23(21,22)19-17-12-16(18-20(17)2)14-6-4-3-5-7-14;1-13-10(11)7-9(12-13)8-5-3-2-4-6-8;1-6-2-4-7(5-3-6)11(8,9)10/h3-12,19H,1-2H3;2-7H,11H2,1H3;2-5H,1H3. The Kier molecular flexibility index (Phi) is 11.2. The van der Waals surface area contributed by atoms with Crippen LogP contribution < -0.4 is 10.5 Å². The Morgan fingerprint density at radius 3 is 1.47 bits per heavy atom. The monoisotopic (exact) mass is 690 g/mol. The van der Waals surface area contributed by atoms with E-state index >= 15 is 0 Å². The van der Waals surface area contributed by atoms with Crippen molar-refractivity contribution in [3.05, 3.63) is 132 Å². The summed E-state index contributed by atoms with van der Waals surface area (Å²) in [5.74, 6) is 1.10. The van der Waals surface area contributed by atoms with E-state index in [4.69, 9.17) is 16.4 Å². The molecule has 0 unspecified atom stereocenters. The highest BCUT2D eigenvalue weighted by Gasteiger charge is 2.17. The predicted molar refractivity (Wildman–Crippen MR) is 188 cm³/mol. The summed E-state index contributed by atoms with van der Waals surface area (Å²) >= 11 is 0. The van der Waals surface area contributed by atoms with Gasteiger partial charge in [-0.25, -0.2) is 16.8 Å². The first kappa shape index (κ1) is 35.0. The SMILES string of the molecule is Cc1ccc(S(=O)(=O)Cl)cc1.Cc1ccc(S(=O)(=O)Nc2cc(-c3ccccc3)nn2C)cc1.Cn1nc(-c2ccccc2)cc1N. The average molecular weight is 691 g/mol. The molecular weight excluding hydrogens is 656 g/mol. The molecule has 0 bridgehead atoms. The molecule has 0 fully saturated rings. The largest absolute Gasteiger partial charge is 0.384 e. The van der Waals surface area contributed by atoms with Gasteiger partial charge in [-0.3, -0.25) is 14.1 Å². The number of benzene rings is 4. The minimum Gasteiger partial charge on any atom is -0.384 e. The molecule has 6 rings (SSSR count). The molecule has 0 amide bonds. The van der Waals surface area contributed by atoms with Crippen LogP contribution in [0, 0.1) is 13.8 Å². The molecule has 47 heavy (non-hydrogen) atoms. The van der Waals surface area contributed by atoms with Crippen molar-refractivity contribution in [2.45, 2.75) is 23.6 Å². The van der Waals surface area contributed by atoms with E-state index in [1.54, 1.807) is 54.2 Å². The highest BCUT2D eigenvalue weighted by atomic mass is 35.7. The molecule has 4 aromatic carbocycles. The average Bonchev–Trinajstić information content (AvgIpc) is 3.58. The summed E-state index contributed by atoms with van der Waals surface area (Å²) in [6, 6.07) is 36.3. The van der Waals surface area contributed by atoms with E-state index in [0.717, 1.165) is 33.6 Å². The van der Waals surface area contributed by atoms with Gasteiger partial charge in [0.1, 0.15) is 11.6 Å². The van der Waals surface area contributed by atoms with Gasteiger partial charge in [0.2, 0.25) is 0 Å². The number of aryl methyl sites for hydroxylation is 4. The molecule has 0 atom stereocenters. The molecule has 0 saturated heterocycles. The minimum atomic E-state index is -3.63. The molecule has 0 spiro atoms. The topological polar surface area (TPSA) is 142 Å². The van der Waals surface area contributed by atoms with Crippen LogP contribution in [0.2, 0.25) is 0 Å². The lowest BCUT2D eigenvalue weighted by Crippen LogP contribution is -2.15. The first-order chi connectivity index (χ1) is 22.2. The maximum absolute atomic E-state index is 12.5. The van der Waals surface area contributed by atoms with Crippen LogP contribution in [0.1, 0.15) is 11.1 Å². The van der Waals surface area contributed by atoms with Crippen molar-refractivity contribution < 1.29 is 16.8 Å². The number of hydrogen-bond donors (Lipinski definition) is 2. The van der Waals surface area contributed by atoms with Gasteiger partial charge in [0.15, 0.2) is 0 Å². The third kappa shape index (κ3) is 9.79. The lowest BCUT2D eigenvalue weighted by atomic mass is 10.2. The van der Waals surface area contributed by atoms with E-state index in [-0.39, 0.29) is 9.79 Å². The van der Waals surface area contributed by atoms with Crippen molar-refractivity contribution in [2.75, 3.05) is 10.5 Å². The van der Waals surface area contributed by atoms with Gasteiger partial charge in [0, 0.05) is 48.0 Å². The van der Waals surface area contributed by atoms with Gasteiger partial charge in [-0.05, 0) is 38.1 Å². The fraction of sp³-hybridized carbons (Fsp3) is 0.118.